The zero-order chi connectivity index (χ0) is 13.1. The van der Waals surface area contributed by atoms with Gasteiger partial charge < -0.3 is 9.84 Å². The molecule has 0 saturated heterocycles. The molecule has 0 unspecified atom stereocenters. The maximum absolute atomic E-state index is 10.9. The standard InChI is InChI=1S/C12H11ClN2O3/c1-18-11-10(12(16)17)6-14-15(11)7-8-2-4-9(13)5-3-8/h2-6H,7H2,1H3,(H,16,17). The average molecular weight is 267 g/mol. The summed E-state index contributed by atoms with van der Waals surface area (Å²) in [6, 6.07) is 7.24. The molecule has 1 heterocycles. The monoisotopic (exact) mass is 266 g/mol. The number of nitrogens with zero attached hydrogens (tertiary/aromatic N) is 2. The van der Waals surface area contributed by atoms with Crippen LogP contribution in [-0.4, -0.2) is 28.0 Å². The minimum absolute atomic E-state index is 0.0477. The highest BCUT2D eigenvalue weighted by atomic mass is 35.5. The number of ether oxygens (including phenoxy) is 1. The third-order valence-corrected chi connectivity index (χ3v) is 2.71. The second-order valence-corrected chi connectivity index (χ2v) is 4.09. The summed E-state index contributed by atoms with van der Waals surface area (Å²) in [4.78, 5) is 10.9. The first-order chi connectivity index (χ1) is 8.61. The molecule has 6 heteroatoms. The molecule has 5 nitrogen and oxygen atoms in total. The molecule has 0 aliphatic carbocycles. The minimum Gasteiger partial charge on any atom is -0.481 e. The Bertz CT molecular complexity index is 563. The Morgan fingerprint density at radius 2 is 2.11 bits per heavy atom. The van der Waals surface area contributed by atoms with Crippen LogP contribution in [0.4, 0.5) is 0 Å². The van der Waals surface area contributed by atoms with Crippen molar-refractivity contribution in [3.05, 3.63) is 46.6 Å². The molecular formula is C12H11ClN2O3. The van der Waals surface area contributed by atoms with Gasteiger partial charge in [0.05, 0.1) is 19.9 Å². The molecule has 18 heavy (non-hydrogen) atoms. The first-order valence-electron chi connectivity index (χ1n) is 5.19. The van der Waals surface area contributed by atoms with Gasteiger partial charge in [0.25, 0.3) is 0 Å². The zero-order valence-electron chi connectivity index (χ0n) is 9.63. The van der Waals surface area contributed by atoms with E-state index in [-0.39, 0.29) is 11.4 Å². The lowest BCUT2D eigenvalue weighted by molar-refractivity contribution is 0.0693. The maximum atomic E-state index is 10.9. The van der Waals surface area contributed by atoms with Crippen molar-refractivity contribution in [1.29, 1.82) is 0 Å². The van der Waals surface area contributed by atoms with Crippen LogP contribution in [-0.2, 0) is 6.54 Å². The molecule has 0 bridgehead atoms. The molecule has 2 aromatic rings. The molecule has 0 radical (unpaired) electrons. The molecular weight excluding hydrogens is 256 g/mol. The number of hydrogen-bond acceptors (Lipinski definition) is 3. The summed E-state index contributed by atoms with van der Waals surface area (Å²) < 4.78 is 6.56. The Morgan fingerprint density at radius 3 is 2.67 bits per heavy atom. The number of aromatic carboxylic acids is 1. The van der Waals surface area contributed by atoms with Crippen molar-refractivity contribution in [2.24, 2.45) is 0 Å². The highest BCUT2D eigenvalue weighted by Gasteiger charge is 2.17. The van der Waals surface area contributed by atoms with Gasteiger partial charge in [-0.25, -0.2) is 9.48 Å². The molecule has 0 fully saturated rings. The Morgan fingerprint density at radius 1 is 1.44 bits per heavy atom. The van der Waals surface area contributed by atoms with Crippen LogP contribution in [0.1, 0.15) is 15.9 Å². The zero-order valence-corrected chi connectivity index (χ0v) is 10.4. The second-order valence-electron chi connectivity index (χ2n) is 3.66. The quantitative estimate of drug-likeness (QED) is 0.922. The Labute approximate surface area is 109 Å². The Balaban J connectivity index is 2.29. The average Bonchev–Trinajstić information content (AvgIpc) is 2.75. The maximum Gasteiger partial charge on any atom is 0.342 e. The van der Waals surface area contributed by atoms with Crippen molar-refractivity contribution < 1.29 is 14.6 Å². The van der Waals surface area contributed by atoms with Crippen molar-refractivity contribution in [3.8, 4) is 5.88 Å². The number of aromatic nitrogens is 2. The SMILES string of the molecule is COc1c(C(=O)O)cnn1Cc1ccc(Cl)cc1. The van der Waals surface area contributed by atoms with Crippen molar-refractivity contribution in [2.45, 2.75) is 6.54 Å². The van der Waals surface area contributed by atoms with Crippen LogP contribution in [0, 0.1) is 0 Å². The number of carboxylic acids is 1. The predicted octanol–water partition coefficient (Wildman–Crippen LogP) is 2.29. The van der Waals surface area contributed by atoms with E-state index >= 15 is 0 Å². The molecule has 1 aromatic heterocycles. The van der Waals surface area contributed by atoms with Crippen LogP contribution >= 0.6 is 11.6 Å². The van der Waals surface area contributed by atoms with Gasteiger partial charge in [0.15, 0.2) is 0 Å². The highest BCUT2D eigenvalue weighted by molar-refractivity contribution is 6.30. The molecule has 0 amide bonds. The molecule has 0 atom stereocenters. The highest BCUT2D eigenvalue weighted by Crippen LogP contribution is 2.19. The van der Waals surface area contributed by atoms with E-state index in [0.717, 1.165) is 5.56 Å². The third kappa shape index (κ3) is 2.46. The number of carbonyl (C=O) groups is 1. The summed E-state index contributed by atoms with van der Waals surface area (Å²) in [5.41, 5.74) is 1.00. The lowest BCUT2D eigenvalue weighted by Crippen LogP contribution is -2.06. The number of halogens is 1. The van der Waals surface area contributed by atoms with E-state index in [1.165, 1.54) is 18.0 Å². The van der Waals surface area contributed by atoms with E-state index in [1.54, 1.807) is 12.1 Å². The van der Waals surface area contributed by atoms with E-state index in [0.29, 0.717) is 11.6 Å². The van der Waals surface area contributed by atoms with Crippen LogP contribution < -0.4 is 4.74 Å². The van der Waals surface area contributed by atoms with Crippen LogP contribution in [0.25, 0.3) is 0 Å². The first kappa shape index (κ1) is 12.4. The predicted molar refractivity (Wildman–Crippen MR) is 66.3 cm³/mol. The van der Waals surface area contributed by atoms with Crippen LogP contribution in [0.2, 0.25) is 5.02 Å². The van der Waals surface area contributed by atoms with Gasteiger partial charge in [0, 0.05) is 5.02 Å². The largest absolute Gasteiger partial charge is 0.481 e. The van der Waals surface area contributed by atoms with Gasteiger partial charge in [-0.05, 0) is 17.7 Å². The van der Waals surface area contributed by atoms with Gasteiger partial charge in [-0.1, -0.05) is 23.7 Å². The lowest BCUT2D eigenvalue weighted by Gasteiger charge is -2.07. The van der Waals surface area contributed by atoms with Gasteiger partial charge in [-0.3, -0.25) is 0 Å². The molecule has 1 aromatic carbocycles. The number of methoxy groups -OCH3 is 1. The molecule has 94 valence electrons. The number of rotatable bonds is 4. The van der Waals surface area contributed by atoms with Gasteiger partial charge >= 0.3 is 5.97 Å². The van der Waals surface area contributed by atoms with Gasteiger partial charge in [-0.15, -0.1) is 0 Å². The second kappa shape index (κ2) is 5.10. The lowest BCUT2D eigenvalue weighted by atomic mass is 10.2. The van der Waals surface area contributed by atoms with Gasteiger partial charge in [-0.2, -0.15) is 5.10 Å². The van der Waals surface area contributed by atoms with Crippen molar-refractivity contribution in [3.63, 3.8) is 0 Å². The van der Waals surface area contributed by atoms with Crippen molar-refractivity contribution in [1.82, 2.24) is 9.78 Å². The van der Waals surface area contributed by atoms with E-state index in [1.807, 2.05) is 12.1 Å². The summed E-state index contributed by atoms with van der Waals surface area (Å²) in [6.45, 7) is 0.424. The molecule has 1 N–H and O–H groups in total. The summed E-state index contributed by atoms with van der Waals surface area (Å²) in [5.74, 6) is -0.827. The van der Waals surface area contributed by atoms with Crippen LogP contribution in [0.15, 0.2) is 30.5 Å². The molecule has 0 aliphatic heterocycles. The Kier molecular flexibility index (Phi) is 3.53. The fourth-order valence-electron chi connectivity index (χ4n) is 1.61. The smallest absolute Gasteiger partial charge is 0.342 e. The fourth-order valence-corrected chi connectivity index (χ4v) is 1.74. The number of hydrogen-bond donors (Lipinski definition) is 1. The third-order valence-electron chi connectivity index (χ3n) is 2.46. The van der Waals surface area contributed by atoms with Crippen molar-refractivity contribution >= 4 is 17.6 Å². The molecule has 0 spiro atoms. The van der Waals surface area contributed by atoms with Crippen LogP contribution in [0.5, 0.6) is 5.88 Å². The summed E-state index contributed by atoms with van der Waals surface area (Å²) in [6.07, 6.45) is 1.27. The van der Waals surface area contributed by atoms with E-state index in [4.69, 9.17) is 21.4 Å². The normalized spacial score (nSPS) is 10.3. The molecule has 0 saturated carbocycles. The topological polar surface area (TPSA) is 64.3 Å². The first-order valence-corrected chi connectivity index (χ1v) is 5.57. The number of benzene rings is 1. The van der Waals surface area contributed by atoms with Crippen molar-refractivity contribution in [2.75, 3.05) is 7.11 Å². The van der Waals surface area contributed by atoms with Gasteiger partial charge in [0.1, 0.15) is 5.56 Å². The summed E-state index contributed by atoms with van der Waals surface area (Å²) in [5, 5.41) is 13.6. The van der Waals surface area contributed by atoms with E-state index in [9.17, 15) is 4.79 Å². The van der Waals surface area contributed by atoms with Crippen LogP contribution in [0.3, 0.4) is 0 Å². The molecule has 2 rings (SSSR count). The summed E-state index contributed by atoms with van der Waals surface area (Å²) in [7, 11) is 1.42. The minimum atomic E-state index is -1.06. The van der Waals surface area contributed by atoms with E-state index < -0.39 is 5.97 Å². The summed E-state index contributed by atoms with van der Waals surface area (Å²) >= 11 is 5.79. The Hall–Kier alpha value is -2.01. The molecule has 0 aliphatic rings. The fraction of sp³-hybridized carbons (Fsp3) is 0.167. The van der Waals surface area contributed by atoms with Gasteiger partial charge in [0.2, 0.25) is 5.88 Å². The van der Waals surface area contributed by atoms with E-state index in [2.05, 4.69) is 5.10 Å². The number of carboxylic acid groups (broad SMARTS) is 1.